The zero-order valence-electron chi connectivity index (χ0n) is 13.2. The monoisotopic (exact) mass is 296 g/mol. The second-order valence-electron chi connectivity index (χ2n) is 6.10. The van der Waals surface area contributed by atoms with E-state index in [2.05, 4.69) is 37.4 Å². The third kappa shape index (κ3) is 3.80. The molecule has 3 unspecified atom stereocenters. The van der Waals surface area contributed by atoms with Gasteiger partial charge >= 0.3 is 0 Å². The van der Waals surface area contributed by atoms with Crippen LogP contribution in [0.2, 0.25) is 0 Å². The molecular formula is C17H26F2N2. The average Bonchev–Trinajstić information content (AvgIpc) is 2.45. The Hall–Kier alpha value is -1.00. The second kappa shape index (κ2) is 7.32. The van der Waals surface area contributed by atoms with E-state index in [1.807, 2.05) is 18.0 Å². The Morgan fingerprint density at radius 3 is 2.57 bits per heavy atom. The summed E-state index contributed by atoms with van der Waals surface area (Å²) < 4.78 is 25.5. The summed E-state index contributed by atoms with van der Waals surface area (Å²) in [5, 5.41) is 3.57. The smallest absolute Gasteiger partial charge is 0.251 e. The van der Waals surface area contributed by atoms with Gasteiger partial charge in [0.05, 0.1) is 6.54 Å². The molecule has 0 heterocycles. The van der Waals surface area contributed by atoms with Crippen LogP contribution in [0.4, 0.5) is 8.78 Å². The van der Waals surface area contributed by atoms with Crippen molar-refractivity contribution >= 4 is 0 Å². The molecule has 1 N–H and O–H groups in total. The molecule has 2 nitrogen and oxygen atoms in total. The molecule has 0 saturated carbocycles. The van der Waals surface area contributed by atoms with Gasteiger partial charge in [-0.2, -0.15) is 0 Å². The van der Waals surface area contributed by atoms with E-state index in [0.717, 1.165) is 19.4 Å². The summed E-state index contributed by atoms with van der Waals surface area (Å²) in [6.45, 7) is 5.07. The number of fused-ring (bicyclic) bond motifs is 1. The van der Waals surface area contributed by atoms with Crippen LogP contribution in [0.25, 0.3) is 0 Å². The van der Waals surface area contributed by atoms with Gasteiger partial charge in [-0.05, 0) is 43.5 Å². The Morgan fingerprint density at radius 1 is 1.29 bits per heavy atom. The molecule has 0 radical (unpaired) electrons. The van der Waals surface area contributed by atoms with Crippen molar-refractivity contribution in [3.8, 4) is 0 Å². The van der Waals surface area contributed by atoms with Gasteiger partial charge in [0.15, 0.2) is 0 Å². The number of alkyl halides is 2. The molecule has 0 bridgehead atoms. The molecular weight excluding hydrogens is 270 g/mol. The first-order valence-electron chi connectivity index (χ1n) is 7.85. The fourth-order valence-corrected chi connectivity index (χ4v) is 3.41. The Labute approximate surface area is 126 Å². The molecule has 1 aliphatic rings. The van der Waals surface area contributed by atoms with Crippen LogP contribution in [0, 0.1) is 0 Å². The van der Waals surface area contributed by atoms with Crippen LogP contribution >= 0.6 is 0 Å². The standard InChI is InChI=1S/C17H26F2N2/c1-4-9-20-17-14-8-6-5-7-13(14)12(2)10-15(17)21(3)11-16(18)19/h5-8,12,15-17,20H,4,9-11H2,1-3H3. The Kier molecular flexibility index (Phi) is 5.71. The van der Waals surface area contributed by atoms with E-state index in [4.69, 9.17) is 0 Å². The summed E-state index contributed by atoms with van der Waals surface area (Å²) in [4.78, 5) is 1.82. The first-order valence-corrected chi connectivity index (χ1v) is 7.85. The molecule has 0 fully saturated rings. The molecule has 0 aromatic heterocycles. The number of nitrogens with one attached hydrogen (secondary N) is 1. The molecule has 0 spiro atoms. The SMILES string of the molecule is CCCNC1c2ccccc2C(C)CC1N(C)CC(F)F. The lowest BCUT2D eigenvalue weighted by atomic mass is 9.77. The number of nitrogens with zero attached hydrogens (tertiary/aromatic N) is 1. The highest BCUT2D eigenvalue weighted by atomic mass is 19.3. The molecule has 0 saturated heterocycles. The van der Waals surface area contributed by atoms with Crippen molar-refractivity contribution < 1.29 is 8.78 Å². The average molecular weight is 296 g/mol. The van der Waals surface area contributed by atoms with Gasteiger partial charge in [0.1, 0.15) is 0 Å². The predicted octanol–water partition coefficient (Wildman–Crippen LogP) is 3.80. The van der Waals surface area contributed by atoms with Crippen LogP contribution in [0.5, 0.6) is 0 Å². The minimum atomic E-state index is -2.28. The van der Waals surface area contributed by atoms with Crippen molar-refractivity contribution in [2.24, 2.45) is 0 Å². The molecule has 3 atom stereocenters. The number of rotatable bonds is 6. The van der Waals surface area contributed by atoms with Gasteiger partial charge in [0.2, 0.25) is 0 Å². The van der Waals surface area contributed by atoms with Crippen molar-refractivity contribution in [3.05, 3.63) is 35.4 Å². The van der Waals surface area contributed by atoms with Gasteiger partial charge in [0, 0.05) is 12.1 Å². The van der Waals surface area contributed by atoms with Crippen molar-refractivity contribution in [2.45, 2.75) is 51.1 Å². The largest absolute Gasteiger partial charge is 0.309 e. The van der Waals surface area contributed by atoms with Crippen LogP contribution in [0.3, 0.4) is 0 Å². The van der Waals surface area contributed by atoms with Crippen LogP contribution in [0.1, 0.15) is 49.8 Å². The first-order chi connectivity index (χ1) is 10.0. The quantitative estimate of drug-likeness (QED) is 0.859. The molecule has 0 aliphatic heterocycles. The van der Waals surface area contributed by atoms with E-state index >= 15 is 0 Å². The summed E-state index contributed by atoms with van der Waals surface area (Å²) in [5.41, 5.74) is 2.63. The van der Waals surface area contributed by atoms with Crippen LogP contribution in [-0.4, -0.2) is 37.5 Å². The lowest BCUT2D eigenvalue weighted by molar-refractivity contribution is 0.0625. The number of benzene rings is 1. The van der Waals surface area contributed by atoms with Crippen molar-refractivity contribution in [1.29, 1.82) is 0 Å². The fraction of sp³-hybridized carbons (Fsp3) is 0.647. The predicted molar refractivity (Wildman–Crippen MR) is 82.9 cm³/mol. The van der Waals surface area contributed by atoms with E-state index in [0.29, 0.717) is 5.92 Å². The Morgan fingerprint density at radius 2 is 1.95 bits per heavy atom. The maximum atomic E-state index is 12.8. The van der Waals surface area contributed by atoms with Gasteiger partial charge in [-0.25, -0.2) is 8.78 Å². The zero-order valence-corrected chi connectivity index (χ0v) is 13.2. The summed E-state index contributed by atoms with van der Waals surface area (Å²) in [6, 6.07) is 8.68. The third-order valence-corrected chi connectivity index (χ3v) is 4.45. The molecule has 4 heteroatoms. The van der Waals surface area contributed by atoms with Crippen molar-refractivity contribution in [1.82, 2.24) is 10.2 Å². The maximum absolute atomic E-state index is 12.8. The molecule has 21 heavy (non-hydrogen) atoms. The van der Waals surface area contributed by atoms with Gasteiger partial charge < -0.3 is 5.32 Å². The van der Waals surface area contributed by atoms with Crippen molar-refractivity contribution in [3.63, 3.8) is 0 Å². The van der Waals surface area contributed by atoms with E-state index < -0.39 is 6.43 Å². The lowest BCUT2D eigenvalue weighted by Crippen LogP contribution is -2.47. The summed E-state index contributed by atoms with van der Waals surface area (Å²) in [6.07, 6.45) is -0.324. The molecule has 1 aromatic rings. The molecule has 1 aliphatic carbocycles. The molecule has 1 aromatic carbocycles. The van der Waals surface area contributed by atoms with Crippen LogP contribution in [0.15, 0.2) is 24.3 Å². The summed E-state index contributed by atoms with van der Waals surface area (Å²) >= 11 is 0. The highest BCUT2D eigenvalue weighted by molar-refractivity contribution is 5.36. The Bertz CT molecular complexity index is 450. The van der Waals surface area contributed by atoms with Gasteiger partial charge in [-0.1, -0.05) is 38.1 Å². The topological polar surface area (TPSA) is 15.3 Å². The van der Waals surface area contributed by atoms with Gasteiger partial charge in [0.25, 0.3) is 6.43 Å². The second-order valence-corrected chi connectivity index (χ2v) is 6.10. The summed E-state index contributed by atoms with van der Waals surface area (Å²) in [7, 11) is 1.82. The van der Waals surface area contributed by atoms with Gasteiger partial charge in [-0.15, -0.1) is 0 Å². The normalized spacial score (nSPS) is 25.4. The highest BCUT2D eigenvalue weighted by Gasteiger charge is 2.35. The lowest BCUT2D eigenvalue weighted by Gasteiger charge is -2.42. The number of halogens is 2. The van der Waals surface area contributed by atoms with Crippen molar-refractivity contribution in [2.75, 3.05) is 20.1 Å². The fourth-order valence-electron chi connectivity index (χ4n) is 3.41. The zero-order chi connectivity index (χ0) is 15.4. The van der Waals surface area contributed by atoms with Gasteiger partial charge in [-0.3, -0.25) is 4.90 Å². The minimum absolute atomic E-state index is 0.121. The Balaban J connectivity index is 2.27. The summed E-state index contributed by atoms with van der Waals surface area (Å²) in [5.74, 6) is 0.408. The highest BCUT2D eigenvalue weighted by Crippen LogP contribution is 2.39. The first kappa shape index (κ1) is 16.4. The third-order valence-electron chi connectivity index (χ3n) is 4.45. The molecule has 2 rings (SSSR count). The van der Waals surface area contributed by atoms with E-state index in [1.54, 1.807) is 0 Å². The maximum Gasteiger partial charge on any atom is 0.251 e. The number of hydrogen-bond donors (Lipinski definition) is 1. The minimum Gasteiger partial charge on any atom is -0.309 e. The number of likely N-dealkylation sites (N-methyl/N-ethyl adjacent to an activating group) is 1. The number of hydrogen-bond acceptors (Lipinski definition) is 2. The van der Waals surface area contributed by atoms with Crippen LogP contribution in [-0.2, 0) is 0 Å². The molecule has 118 valence electrons. The molecule has 0 amide bonds. The van der Waals surface area contributed by atoms with E-state index in [-0.39, 0.29) is 18.6 Å². The van der Waals surface area contributed by atoms with E-state index in [1.165, 1.54) is 11.1 Å². The van der Waals surface area contributed by atoms with Crippen LogP contribution < -0.4 is 5.32 Å². The van der Waals surface area contributed by atoms with E-state index in [9.17, 15) is 8.78 Å².